The molecule has 108 valence electrons. The molecule has 1 heterocycles. The zero-order valence-electron chi connectivity index (χ0n) is 12.2. The number of rotatable bonds is 7. The minimum absolute atomic E-state index is 0.230. The van der Waals surface area contributed by atoms with Crippen LogP contribution in [-0.2, 0) is 13.0 Å². The lowest BCUT2D eigenvalue weighted by atomic mass is 10.0. The van der Waals surface area contributed by atoms with Gasteiger partial charge >= 0.3 is 0 Å². The van der Waals surface area contributed by atoms with Crippen LogP contribution in [0.2, 0.25) is 0 Å². The highest BCUT2D eigenvalue weighted by molar-refractivity contribution is 5.24. The van der Waals surface area contributed by atoms with Gasteiger partial charge in [0, 0.05) is 25.0 Å². The lowest BCUT2D eigenvalue weighted by Crippen LogP contribution is -2.32. The molecular weight excluding hydrogens is 250 g/mol. The molecule has 1 aromatic heterocycles. The number of aliphatic hydroxyl groups is 1. The van der Waals surface area contributed by atoms with Crippen LogP contribution in [0.5, 0.6) is 0 Å². The number of hydrogen-bond acceptors (Lipinski definition) is 3. The molecular formula is C16H23N3O. The first kappa shape index (κ1) is 14.8. The van der Waals surface area contributed by atoms with Gasteiger partial charge in [-0.3, -0.25) is 4.68 Å². The quantitative estimate of drug-likeness (QED) is 0.813. The normalized spacial score (nSPS) is 14.2. The number of aromatic nitrogens is 2. The van der Waals surface area contributed by atoms with Crippen LogP contribution >= 0.6 is 0 Å². The Labute approximate surface area is 120 Å². The molecule has 0 amide bonds. The van der Waals surface area contributed by atoms with Crippen molar-refractivity contribution >= 4 is 0 Å². The maximum Gasteiger partial charge on any atom is 0.0860 e. The van der Waals surface area contributed by atoms with Crippen molar-refractivity contribution in [3.63, 3.8) is 0 Å². The van der Waals surface area contributed by atoms with Gasteiger partial charge in [0.2, 0.25) is 0 Å². The molecule has 2 unspecified atom stereocenters. The van der Waals surface area contributed by atoms with Crippen molar-refractivity contribution in [3.8, 4) is 0 Å². The van der Waals surface area contributed by atoms with Gasteiger partial charge in [-0.05, 0) is 30.5 Å². The van der Waals surface area contributed by atoms with Gasteiger partial charge in [0.05, 0.1) is 12.6 Å². The van der Waals surface area contributed by atoms with Crippen molar-refractivity contribution in [2.45, 2.75) is 39.0 Å². The fourth-order valence-corrected chi connectivity index (χ4v) is 2.16. The minimum Gasteiger partial charge on any atom is -0.390 e. The number of hydrogen-bond donors (Lipinski definition) is 2. The fraction of sp³-hybridized carbons (Fsp3) is 0.438. The van der Waals surface area contributed by atoms with Crippen molar-refractivity contribution in [1.82, 2.24) is 15.1 Å². The van der Waals surface area contributed by atoms with E-state index in [1.54, 1.807) is 10.9 Å². The number of nitrogens with zero attached hydrogens (tertiary/aromatic N) is 2. The molecule has 20 heavy (non-hydrogen) atoms. The van der Waals surface area contributed by atoms with Gasteiger partial charge in [0.25, 0.3) is 0 Å². The number of aliphatic hydroxyl groups excluding tert-OH is 1. The van der Waals surface area contributed by atoms with E-state index in [1.807, 2.05) is 12.3 Å². The summed E-state index contributed by atoms with van der Waals surface area (Å²) in [5.74, 6) is 0. The summed E-state index contributed by atoms with van der Waals surface area (Å²) in [5, 5.41) is 17.4. The average Bonchev–Trinajstić information content (AvgIpc) is 2.97. The molecule has 4 heteroatoms. The third-order valence-electron chi connectivity index (χ3n) is 3.50. The van der Waals surface area contributed by atoms with Crippen LogP contribution in [0.15, 0.2) is 42.7 Å². The van der Waals surface area contributed by atoms with Gasteiger partial charge in [0.15, 0.2) is 0 Å². The fourth-order valence-electron chi connectivity index (χ4n) is 2.16. The molecule has 2 rings (SSSR count). The molecule has 0 radical (unpaired) electrons. The topological polar surface area (TPSA) is 50.1 Å². The Kier molecular flexibility index (Phi) is 5.32. The SMILES string of the molecule is CCc1ccc(C(C)NCC(O)Cn2cccn2)cc1. The third-order valence-corrected chi connectivity index (χ3v) is 3.50. The van der Waals surface area contributed by atoms with Crippen LogP contribution in [-0.4, -0.2) is 27.5 Å². The summed E-state index contributed by atoms with van der Waals surface area (Å²) >= 11 is 0. The Bertz CT molecular complexity index is 493. The Morgan fingerprint density at radius 2 is 2.05 bits per heavy atom. The van der Waals surface area contributed by atoms with E-state index in [9.17, 15) is 5.11 Å². The Morgan fingerprint density at radius 1 is 1.30 bits per heavy atom. The molecule has 4 nitrogen and oxygen atoms in total. The molecule has 0 aliphatic rings. The van der Waals surface area contributed by atoms with E-state index >= 15 is 0 Å². The van der Waals surface area contributed by atoms with Crippen LogP contribution in [0.3, 0.4) is 0 Å². The van der Waals surface area contributed by atoms with E-state index < -0.39 is 6.10 Å². The molecule has 1 aromatic carbocycles. The Morgan fingerprint density at radius 3 is 2.65 bits per heavy atom. The van der Waals surface area contributed by atoms with Crippen molar-refractivity contribution in [2.75, 3.05) is 6.54 Å². The van der Waals surface area contributed by atoms with Crippen molar-refractivity contribution in [2.24, 2.45) is 0 Å². The largest absolute Gasteiger partial charge is 0.390 e. The first-order chi connectivity index (χ1) is 9.69. The maximum absolute atomic E-state index is 9.98. The second kappa shape index (κ2) is 7.22. The smallest absolute Gasteiger partial charge is 0.0860 e. The van der Waals surface area contributed by atoms with Crippen LogP contribution in [0.4, 0.5) is 0 Å². The van der Waals surface area contributed by atoms with Crippen LogP contribution < -0.4 is 5.32 Å². The Balaban J connectivity index is 1.80. The van der Waals surface area contributed by atoms with Gasteiger partial charge in [0.1, 0.15) is 0 Å². The molecule has 0 aliphatic heterocycles. The first-order valence-corrected chi connectivity index (χ1v) is 7.16. The van der Waals surface area contributed by atoms with E-state index in [1.165, 1.54) is 11.1 Å². The third kappa shape index (κ3) is 4.18. The van der Waals surface area contributed by atoms with Gasteiger partial charge < -0.3 is 10.4 Å². The molecule has 2 atom stereocenters. The molecule has 2 aromatic rings. The predicted molar refractivity (Wildman–Crippen MR) is 80.5 cm³/mol. The Hall–Kier alpha value is -1.65. The minimum atomic E-state index is -0.438. The highest BCUT2D eigenvalue weighted by atomic mass is 16.3. The average molecular weight is 273 g/mol. The van der Waals surface area contributed by atoms with Crippen molar-refractivity contribution < 1.29 is 5.11 Å². The molecule has 0 spiro atoms. The molecule has 0 bridgehead atoms. The molecule has 0 fully saturated rings. The van der Waals surface area contributed by atoms with E-state index in [0.717, 1.165) is 6.42 Å². The van der Waals surface area contributed by atoms with Crippen molar-refractivity contribution in [3.05, 3.63) is 53.9 Å². The molecule has 0 saturated heterocycles. The second-order valence-corrected chi connectivity index (χ2v) is 5.11. The highest BCUT2D eigenvalue weighted by Gasteiger charge is 2.09. The van der Waals surface area contributed by atoms with E-state index in [-0.39, 0.29) is 6.04 Å². The van der Waals surface area contributed by atoms with Crippen LogP contribution in [0, 0.1) is 0 Å². The maximum atomic E-state index is 9.98. The summed E-state index contributed by atoms with van der Waals surface area (Å²) in [6, 6.07) is 10.7. The predicted octanol–water partition coefficient (Wildman–Crippen LogP) is 2.16. The number of benzene rings is 1. The second-order valence-electron chi connectivity index (χ2n) is 5.11. The lowest BCUT2D eigenvalue weighted by Gasteiger charge is -2.18. The standard InChI is InChI=1S/C16H23N3O/c1-3-14-5-7-15(8-6-14)13(2)17-11-16(20)12-19-10-4-9-18-19/h4-10,13,16-17,20H,3,11-12H2,1-2H3. The van der Waals surface area contributed by atoms with Crippen LogP contribution in [0.1, 0.15) is 31.0 Å². The zero-order chi connectivity index (χ0) is 14.4. The summed E-state index contributed by atoms with van der Waals surface area (Å²) in [4.78, 5) is 0. The lowest BCUT2D eigenvalue weighted by molar-refractivity contribution is 0.143. The van der Waals surface area contributed by atoms with E-state index in [0.29, 0.717) is 13.1 Å². The summed E-state index contributed by atoms with van der Waals surface area (Å²) in [7, 11) is 0. The number of nitrogens with one attached hydrogen (secondary N) is 1. The molecule has 2 N–H and O–H groups in total. The summed E-state index contributed by atoms with van der Waals surface area (Å²) < 4.78 is 1.74. The van der Waals surface area contributed by atoms with E-state index in [2.05, 4.69) is 48.5 Å². The summed E-state index contributed by atoms with van der Waals surface area (Å²) in [6.45, 7) is 5.34. The van der Waals surface area contributed by atoms with E-state index in [4.69, 9.17) is 0 Å². The first-order valence-electron chi connectivity index (χ1n) is 7.16. The van der Waals surface area contributed by atoms with Gasteiger partial charge in [-0.1, -0.05) is 31.2 Å². The summed E-state index contributed by atoms with van der Waals surface area (Å²) in [5.41, 5.74) is 2.59. The van der Waals surface area contributed by atoms with Gasteiger partial charge in [-0.15, -0.1) is 0 Å². The van der Waals surface area contributed by atoms with Gasteiger partial charge in [-0.25, -0.2) is 0 Å². The summed E-state index contributed by atoms with van der Waals surface area (Å²) in [6.07, 6.45) is 4.20. The number of aryl methyl sites for hydroxylation is 1. The molecule has 0 aliphatic carbocycles. The highest BCUT2D eigenvalue weighted by Crippen LogP contribution is 2.13. The van der Waals surface area contributed by atoms with Crippen LogP contribution in [0.25, 0.3) is 0 Å². The van der Waals surface area contributed by atoms with Gasteiger partial charge in [-0.2, -0.15) is 5.10 Å². The van der Waals surface area contributed by atoms with Crippen molar-refractivity contribution in [1.29, 1.82) is 0 Å². The monoisotopic (exact) mass is 273 g/mol. The zero-order valence-corrected chi connectivity index (χ0v) is 12.2. The molecule has 0 saturated carbocycles.